The number of anilines is 1. The van der Waals surface area contributed by atoms with Crippen LogP contribution in [0.5, 0.6) is 0 Å². The van der Waals surface area contributed by atoms with Gasteiger partial charge >= 0.3 is 5.97 Å². The van der Waals surface area contributed by atoms with Gasteiger partial charge in [-0.25, -0.2) is 4.79 Å². The molecule has 20 heavy (non-hydrogen) atoms. The van der Waals surface area contributed by atoms with Crippen molar-refractivity contribution in [2.24, 2.45) is 11.6 Å². The second kappa shape index (κ2) is 5.81. The molecule has 0 aliphatic heterocycles. The van der Waals surface area contributed by atoms with Gasteiger partial charge in [0.1, 0.15) is 5.82 Å². The van der Waals surface area contributed by atoms with Gasteiger partial charge in [0.05, 0.1) is 0 Å². The predicted molar refractivity (Wildman–Crippen MR) is 81.4 cm³/mol. The first kappa shape index (κ1) is 14.2. The second-order valence-electron chi connectivity index (χ2n) is 4.07. The lowest BCUT2D eigenvalue weighted by atomic mass is 10.1. The average Bonchev–Trinajstić information content (AvgIpc) is 2.39. The van der Waals surface area contributed by atoms with Crippen LogP contribution in [0.2, 0.25) is 0 Å². The second-order valence-corrected chi connectivity index (χ2v) is 4.99. The van der Waals surface area contributed by atoms with Crippen LogP contribution in [0.1, 0.15) is 0 Å². The van der Waals surface area contributed by atoms with Crippen molar-refractivity contribution in [2.75, 3.05) is 5.32 Å². The molecule has 2 aromatic carbocycles. The summed E-state index contributed by atoms with van der Waals surface area (Å²) in [5, 5.41) is 13.8. The number of hydrogen-bond acceptors (Lipinski definition) is 5. The fourth-order valence-electron chi connectivity index (χ4n) is 1.77. The van der Waals surface area contributed by atoms with E-state index in [9.17, 15) is 4.79 Å². The van der Waals surface area contributed by atoms with Gasteiger partial charge in [-0.3, -0.25) is 5.84 Å². The van der Waals surface area contributed by atoms with Crippen molar-refractivity contribution in [1.29, 1.82) is 0 Å². The Morgan fingerprint density at radius 2 is 1.80 bits per heavy atom. The summed E-state index contributed by atoms with van der Waals surface area (Å²) in [6.07, 6.45) is 0. The van der Waals surface area contributed by atoms with E-state index in [0.717, 1.165) is 15.2 Å². The molecule has 2 rings (SSSR count). The van der Waals surface area contributed by atoms with Crippen molar-refractivity contribution in [2.45, 2.75) is 0 Å². The largest absolute Gasteiger partial charge is 0.476 e. The maximum absolute atomic E-state index is 10.9. The molecule has 7 heteroatoms. The predicted octanol–water partition coefficient (Wildman–Crippen LogP) is 1.69. The van der Waals surface area contributed by atoms with E-state index in [-0.39, 0.29) is 11.5 Å². The van der Waals surface area contributed by atoms with Crippen LogP contribution in [0, 0.1) is 0 Å². The molecule has 0 radical (unpaired) electrons. The van der Waals surface area contributed by atoms with Gasteiger partial charge < -0.3 is 21.6 Å². The molecule has 0 unspecified atom stereocenters. The topological polar surface area (TPSA) is 113 Å². The fourth-order valence-corrected chi connectivity index (χ4v) is 2.15. The molecule has 0 aromatic heterocycles. The molecular formula is C13H13BrN4O2. The quantitative estimate of drug-likeness (QED) is 0.330. The molecule has 0 saturated heterocycles. The monoisotopic (exact) mass is 336 g/mol. The number of benzene rings is 2. The molecule has 0 bridgehead atoms. The van der Waals surface area contributed by atoms with Crippen molar-refractivity contribution >= 4 is 38.4 Å². The number of carboxylic acid groups (broad SMARTS) is 1. The van der Waals surface area contributed by atoms with E-state index >= 15 is 0 Å². The molecule has 0 heterocycles. The molecule has 6 nitrogen and oxygen atoms in total. The minimum atomic E-state index is -1.23. The Bertz CT molecular complexity index is 700. The molecule has 0 amide bonds. The third-order valence-electron chi connectivity index (χ3n) is 2.71. The van der Waals surface area contributed by atoms with Crippen LogP contribution in [0.4, 0.5) is 5.69 Å². The highest BCUT2D eigenvalue weighted by molar-refractivity contribution is 9.10. The lowest BCUT2D eigenvalue weighted by Gasteiger charge is -2.11. The number of hydrazine groups is 1. The Labute approximate surface area is 123 Å². The SMILES string of the molecule is NN/C(C(=O)O)=C(\N)Nc1ccc2cc(Br)ccc2c1. The highest BCUT2D eigenvalue weighted by Crippen LogP contribution is 2.23. The van der Waals surface area contributed by atoms with Crippen molar-refractivity contribution in [1.82, 2.24) is 5.43 Å². The molecule has 7 N–H and O–H groups in total. The summed E-state index contributed by atoms with van der Waals surface area (Å²) in [5.41, 5.74) is 8.10. The van der Waals surface area contributed by atoms with Crippen LogP contribution in [0.25, 0.3) is 10.8 Å². The number of rotatable bonds is 4. The number of carbonyl (C=O) groups is 1. The standard InChI is InChI=1S/C13H13BrN4O2/c14-9-3-1-8-6-10(4-2-7(8)5-9)17-12(15)11(18-16)13(19)20/h1-6,17-18H,15-16H2,(H,19,20)/b12-11+. The molecule has 104 valence electrons. The zero-order valence-electron chi connectivity index (χ0n) is 10.4. The van der Waals surface area contributed by atoms with Gasteiger partial charge in [-0.05, 0) is 35.0 Å². The summed E-state index contributed by atoms with van der Waals surface area (Å²) in [7, 11) is 0. The van der Waals surface area contributed by atoms with Gasteiger partial charge in [-0.15, -0.1) is 0 Å². The first-order valence-corrected chi connectivity index (χ1v) is 6.46. The van der Waals surface area contributed by atoms with Gasteiger partial charge in [0.15, 0.2) is 5.70 Å². The Morgan fingerprint density at radius 3 is 2.45 bits per heavy atom. The lowest BCUT2D eigenvalue weighted by molar-refractivity contribution is -0.133. The summed E-state index contributed by atoms with van der Waals surface area (Å²) < 4.78 is 0.991. The summed E-state index contributed by atoms with van der Waals surface area (Å²) >= 11 is 3.41. The van der Waals surface area contributed by atoms with E-state index < -0.39 is 5.97 Å². The minimum absolute atomic E-state index is 0.0588. The zero-order chi connectivity index (χ0) is 14.7. The number of fused-ring (bicyclic) bond motifs is 1. The van der Waals surface area contributed by atoms with Gasteiger partial charge in [-0.1, -0.05) is 28.1 Å². The third-order valence-corrected chi connectivity index (χ3v) is 3.20. The highest BCUT2D eigenvalue weighted by Gasteiger charge is 2.11. The molecule has 0 atom stereocenters. The zero-order valence-corrected chi connectivity index (χ0v) is 11.9. The van der Waals surface area contributed by atoms with Gasteiger partial charge in [0.2, 0.25) is 0 Å². The molecule has 0 spiro atoms. The number of nitrogens with one attached hydrogen (secondary N) is 2. The Morgan fingerprint density at radius 1 is 1.15 bits per heavy atom. The summed E-state index contributed by atoms with van der Waals surface area (Å²) in [6.45, 7) is 0. The van der Waals surface area contributed by atoms with Crippen molar-refractivity contribution in [3.8, 4) is 0 Å². The third kappa shape index (κ3) is 3.01. The lowest BCUT2D eigenvalue weighted by Crippen LogP contribution is -2.32. The molecule has 2 aromatic rings. The van der Waals surface area contributed by atoms with Crippen molar-refractivity contribution in [3.63, 3.8) is 0 Å². The fraction of sp³-hybridized carbons (Fsp3) is 0. The van der Waals surface area contributed by atoms with Gasteiger partial charge in [0.25, 0.3) is 0 Å². The first-order valence-electron chi connectivity index (χ1n) is 5.67. The molecule has 0 aliphatic carbocycles. The maximum atomic E-state index is 10.9. The van der Waals surface area contributed by atoms with E-state index in [1.165, 1.54) is 0 Å². The number of halogens is 1. The Balaban J connectivity index is 2.35. The Hall–Kier alpha value is -2.25. The first-order chi connectivity index (χ1) is 9.51. The summed E-state index contributed by atoms with van der Waals surface area (Å²) in [5.74, 6) is 3.83. The minimum Gasteiger partial charge on any atom is -0.476 e. The van der Waals surface area contributed by atoms with Crippen LogP contribution in [0.3, 0.4) is 0 Å². The van der Waals surface area contributed by atoms with Crippen molar-refractivity contribution in [3.05, 3.63) is 52.4 Å². The summed E-state index contributed by atoms with van der Waals surface area (Å²) in [4.78, 5) is 10.9. The van der Waals surface area contributed by atoms with Gasteiger partial charge in [0, 0.05) is 10.2 Å². The van der Waals surface area contributed by atoms with E-state index in [2.05, 4.69) is 26.7 Å². The molecule has 0 fully saturated rings. The smallest absolute Gasteiger partial charge is 0.357 e. The van der Waals surface area contributed by atoms with E-state index in [1.807, 2.05) is 30.3 Å². The number of hydrogen-bond donors (Lipinski definition) is 5. The van der Waals surface area contributed by atoms with E-state index in [0.29, 0.717) is 5.69 Å². The van der Waals surface area contributed by atoms with Crippen LogP contribution < -0.4 is 22.3 Å². The average molecular weight is 337 g/mol. The van der Waals surface area contributed by atoms with Gasteiger partial charge in [-0.2, -0.15) is 0 Å². The van der Waals surface area contributed by atoms with Crippen molar-refractivity contribution < 1.29 is 9.90 Å². The number of carboxylic acids is 1. The molecular weight excluding hydrogens is 324 g/mol. The Kier molecular flexibility index (Phi) is 4.11. The van der Waals surface area contributed by atoms with Crippen LogP contribution in [0.15, 0.2) is 52.4 Å². The normalized spacial score (nSPS) is 11.9. The number of nitrogens with two attached hydrogens (primary N) is 2. The molecule has 0 saturated carbocycles. The number of aliphatic carboxylic acids is 1. The maximum Gasteiger partial charge on any atom is 0.357 e. The van der Waals surface area contributed by atoms with E-state index in [1.54, 1.807) is 6.07 Å². The summed E-state index contributed by atoms with van der Waals surface area (Å²) in [6, 6.07) is 11.4. The van der Waals surface area contributed by atoms with Crippen LogP contribution >= 0.6 is 15.9 Å². The van der Waals surface area contributed by atoms with Crippen LogP contribution in [-0.4, -0.2) is 11.1 Å². The highest BCUT2D eigenvalue weighted by atomic mass is 79.9. The molecule has 0 aliphatic rings. The van der Waals surface area contributed by atoms with E-state index in [4.69, 9.17) is 16.7 Å². The van der Waals surface area contributed by atoms with Crippen LogP contribution in [-0.2, 0) is 4.79 Å².